The fourth-order valence-electron chi connectivity index (χ4n) is 4.51. The summed E-state index contributed by atoms with van der Waals surface area (Å²) in [7, 11) is 3.63. The van der Waals surface area contributed by atoms with Crippen LogP contribution in [-0.2, 0) is 10.2 Å². The number of hydrogen-bond donors (Lipinski definition) is 2. The van der Waals surface area contributed by atoms with Gasteiger partial charge in [0.2, 0.25) is 5.91 Å². The molecule has 0 aliphatic carbocycles. The Morgan fingerprint density at radius 2 is 1.66 bits per heavy atom. The predicted molar refractivity (Wildman–Crippen MR) is 117 cm³/mol. The molecule has 3 rings (SSSR count). The first-order chi connectivity index (χ1) is 13.9. The highest BCUT2D eigenvalue weighted by Crippen LogP contribution is 2.39. The third-order valence-electron chi connectivity index (χ3n) is 6.19. The Bertz CT molecular complexity index is 755. The maximum atomic E-state index is 13.7. The van der Waals surface area contributed by atoms with Crippen LogP contribution in [0.3, 0.4) is 0 Å². The summed E-state index contributed by atoms with van der Waals surface area (Å²) >= 11 is 0. The van der Waals surface area contributed by atoms with Crippen LogP contribution in [-0.4, -0.2) is 66.2 Å². The largest absolute Gasteiger partial charge is 0.390 e. The number of aliphatic hydroxyl groups excluding tert-OH is 1. The molecule has 2 aromatic rings. The predicted octanol–water partition coefficient (Wildman–Crippen LogP) is 2.23. The van der Waals surface area contributed by atoms with Crippen molar-refractivity contribution in [1.29, 1.82) is 0 Å². The lowest BCUT2D eigenvalue weighted by Crippen LogP contribution is -2.55. The molecule has 0 bridgehead atoms. The number of likely N-dealkylation sites (tertiary alicyclic amines) is 1. The van der Waals surface area contributed by atoms with Gasteiger partial charge in [0.25, 0.3) is 0 Å². The monoisotopic (exact) mass is 395 g/mol. The second-order valence-electron chi connectivity index (χ2n) is 8.40. The summed E-state index contributed by atoms with van der Waals surface area (Å²) in [6.07, 6.45) is 0.857. The van der Waals surface area contributed by atoms with Crippen LogP contribution in [0.2, 0.25) is 0 Å². The number of benzene rings is 2. The molecule has 1 heterocycles. The van der Waals surface area contributed by atoms with Crippen molar-refractivity contribution >= 4 is 5.91 Å². The summed E-state index contributed by atoms with van der Waals surface area (Å²) in [6, 6.07) is 20.0. The van der Waals surface area contributed by atoms with Crippen LogP contribution in [0.1, 0.15) is 30.9 Å². The van der Waals surface area contributed by atoms with E-state index in [9.17, 15) is 9.90 Å². The maximum Gasteiger partial charge on any atom is 0.237 e. The van der Waals surface area contributed by atoms with Gasteiger partial charge in [-0.1, -0.05) is 60.7 Å². The van der Waals surface area contributed by atoms with Gasteiger partial charge in [0.1, 0.15) is 5.41 Å². The van der Waals surface area contributed by atoms with Crippen LogP contribution in [0.25, 0.3) is 0 Å². The first-order valence-electron chi connectivity index (χ1n) is 10.4. The topological polar surface area (TPSA) is 69.8 Å². The number of carbonyl (C=O) groups excluding carboxylic acids is 1. The van der Waals surface area contributed by atoms with E-state index in [-0.39, 0.29) is 18.0 Å². The van der Waals surface area contributed by atoms with Gasteiger partial charge in [-0.15, -0.1) is 0 Å². The number of β-amino-alcohol motifs (C(OH)–C–C–N with tert-alkyl or cyclic N) is 1. The van der Waals surface area contributed by atoms with Gasteiger partial charge in [-0.05, 0) is 30.9 Å². The lowest BCUT2D eigenvalue weighted by Gasteiger charge is -2.43. The van der Waals surface area contributed by atoms with E-state index in [0.717, 1.165) is 24.1 Å². The molecular formula is C24H33N3O2. The molecule has 1 unspecified atom stereocenters. The average molecular weight is 396 g/mol. The third-order valence-corrected chi connectivity index (χ3v) is 6.19. The number of piperidine rings is 1. The molecule has 1 aliphatic heterocycles. The molecule has 1 amide bonds. The van der Waals surface area contributed by atoms with Crippen molar-refractivity contribution in [3.05, 3.63) is 71.8 Å². The van der Waals surface area contributed by atoms with Crippen LogP contribution in [0.15, 0.2) is 60.7 Å². The van der Waals surface area contributed by atoms with Crippen LogP contribution in [0, 0.1) is 0 Å². The van der Waals surface area contributed by atoms with Crippen molar-refractivity contribution in [2.24, 2.45) is 5.73 Å². The van der Waals surface area contributed by atoms with Crippen molar-refractivity contribution in [3.63, 3.8) is 0 Å². The smallest absolute Gasteiger partial charge is 0.237 e. The highest BCUT2D eigenvalue weighted by atomic mass is 16.3. The molecular weight excluding hydrogens is 362 g/mol. The Morgan fingerprint density at radius 3 is 2.10 bits per heavy atom. The zero-order valence-corrected chi connectivity index (χ0v) is 17.7. The van der Waals surface area contributed by atoms with Crippen LogP contribution < -0.4 is 5.73 Å². The Labute approximate surface area is 174 Å². The van der Waals surface area contributed by atoms with E-state index in [1.54, 1.807) is 4.90 Å². The number of nitrogens with zero attached hydrogens (tertiary/aromatic N) is 2. The molecule has 1 aliphatic rings. The molecule has 5 heteroatoms. The number of nitrogens with two attached hydrogens (primary N) is 1. The van der Waals surface area contributed by atoms with Crippen LogP contribution in [0.4, 0.5) is 0 Å². The van der Waals surface area contributed by atoms with E-state index in [2.05, 4.69) is 11.8 Å². The van der Waals surface area contributed by atoms with Crippen molar-refractivity contribution in [2.75, 3.05) is 27.2 Å². The van der Waals surface area contributed by atoms with Gasteiger partial charge in [-0.25, -0.2) is 0 Å². The van der Waals surface area contributed by atoms with E-state index >= 15 is 0 Å². The second-order valence-corrected chi connectivity index (χ2v) is 8.40. The lowest BCUT2D eigenvalue weighted by atomic mass is 9.69. The highest BCUT2D eigenvalue weighted by Gasteiger charge is 2.45. The molecule has 0 spiro atoms. The number of hydrogen-bond acceptors (Lipinski definition) is 4. The minimum Gasteiger partial charge on any atom is -0.390 e. The normalized spacial score (nSPS) is 21.6. The molecule has 29 heavy (non-hydrogen) atoms. The Hall–Kier alpha value is -2.21. The summed E-state index contributed by atoms with van der Waals surface area (Å²) < 4.78 is 0. The Morgan fingerprint density at radius 1 is 1.14 bits per heavy atom. The summed E-state index contributed by atoms with van der Waals surface area (Å²) in [5, 5.41) is 10.3. The van der Waals surface area contributed by atoms with Gasteiger partial charge in [-0.2, -0.15) is 0 Å². The molecule has 1 saturated heterocycles. The Kier molecular flexibility index (Phi) is 6.73. The van der Waals surface area contributed by atoms with Gasteiger partial charge in [0, 0.05) is 39.3 Å². The molecule has 0 saturated carbocycles. The van der Waals surface area contributed by atoms with Gasteiger partial charge >= 0.3 is 0 Å². The van der Waals surface area contributed by atoms with Gasteiger partial charge in [0.15, 0.2) is 0 Å². The van der Waals surface area contributed by atoms with Gasteiger partial charge < -0.3 is 15.7 Å². The van der Waals surface area contributed by atoms with E-state index in [0.29, 0.717) is 13.0 Å². The molecule has 5 nitrogen and oxygen atoms in total. The molecule has 1 fully saturated rings. The van der Waals surface area contributed by atoms with Crippen molar-refractivity contribution in [2.45, 2.75) is 43.4 Å². The van der Waals surface area contributed by atoms with Crippen LogP contribution >= 0.6 is 0 Å². The maximum absolute atomic E-state index is 13.7. The fourth-order valence-corrected chi connectivity index (χ4v) is 4.51. The second kappa shape index (κ2) is 9.08. The van der Waals surface area contributed by atoms with E-state index < -0.39 is 11.5 Å². The summed E-state index contributed by atoms with van der Waals surface area (Å²) in [6.45, 7) is 3.51. The number of rotatable bonds is 6. The molecule has 156 valence electrons. The quantitative estimate of drug-likeness (QED) is 0.787. The minimum absolute atomic E-state index is 0.0657. The number of likely N-dealkylation sites (N-methyl/N-ethyl adjacent to an activating group) is 1. The SMILES string of the molecule is CC(CC(C(=O)N(C)C)(c1ccccc1)c1ccccc1)N1CC[C@H](N)[C@@H](O)C1. The standard InChI is InChI=1S/C24H33N3O2/c1-18(27-15-14-21(25)22(28)17-27)16-24(23(29)26(2)3,19-10-6-4-7-11-19)20-12-8-5-9-13-20/h4-13,18,21-22,28H,14-17,25H2,1-3H3/t18?,21-,22-/m0/s1. The molecule has 3 N–H and O–H groups in total. The number of aliphatic hydroxyl groups is 1. The first-order valence-corrected chi connectivity index (χ1v) is 10.4. The van der Waals surface area contributed by atoms with E-state index in [1.165, 1.54) is 0 Å². The first kappa shape index (κ1) is 21.5. The van der Waals surface area contributed by atoms with E-state index in [1.807, 2.05) is 74.8 Å². The summed E-state index contributed by atoms with van der Waals surface area (Å²) in [4.78, 5) is 17.7. The van der Waals surface area contributed by atoms with Crippen molar-refractivity contribution < 1.29 is 9.90 Å². The van der Waals surface area contributed by atoms with Gasteiger partial charge in [-0.3, -0.25) is 9.69 Å². The van der Waals surface area contributed by atoms with Crippen molar-refractivity contribution in [1.82, 2.24) is 9.80 Å². The molecule has 0 radical (unpaired) electrons. The lowest BCUT2D eigenvalue weighted by molar-refractivity contribution is -0.134. The molecule has 3 atom stereocenters. The Balaban J connectivity index is 2.06. The van der Waals surface area contributed by atoms with Crippen LogP contribution in [0.5, 0.6) is 0 Å². The molecule has 2 aromatic carbocycles. The summed E-state index contributed by atoms with van der Waals surface area (Å²) in [5.74, 6) is 0.0657. The van der Waals surface area contributed by atoms with Crippen molar-refractivity contribution in [3.8, 4) is 0 Å². The summed E-state index contributed by atoms with van der Waals surface area (Å²) in [5.41, 5.74) is 7.19. The highest BCUT2D eigenvalue weighted by molar-refractivity contribution is 5.92. The zero-order chi connectivity index (χ0) is 21.0. The minimum atomic E-state index is -0.796. The van der Waals surface area contributed by atoms with E-state index in [4.69, 9.17) is 5.73 Å². The number of carbonyl (C=O) groups is 1. The fraction of sp³-hybridized carbons (Fsp3) is 0.458. The average Bonchev–Trinajstić information content (AvgIpc) is 2.74. The third kappa shape index (κ3) is 4.37. The number of amides is 1. The van der Waals surface area contributed by atoms with Gasteiger partial charge in [0.05, 0.1) is 6.10 Å². The zero-order valence-electron chi connectivity index (χ0n) is 17.7. The molecule has 0 aromatic heterocycles.